The van der Waals surface area contributed by atoms with Crippen molar-refractivity contribution in [3.05, 3.63) is 43.8 Å². The number of hydrogen-bond donors (Lipinski definition) is 2. The molecule has 13 heteroatoms. The third-order valence-electron chi connectivity index (χ3n) is 5.62. The Morgan fingerprint density at radius 3 is 2.65 bits per heavy atom. The van der Waals surface area contributed by atoms with Crippen molar-refractivity contribution in [3.8, 4) is 11.8 Å². The molecule has 2 heterocycles. The van der Waals surface area contributed by atoms with Crippen LogP contribution < -0.4 is 30.1 Å². The molecule has 1 fully saturated rings. The number of hydrogen-bond acceptors (Lipinski definition) is 8. The number of alkyl halides is 2. The van der Waals surface area contributed by atoms with Crippen molar-refractivity contribution in [2.24, 2.45) is 0 Å². The number of ether oxygens (including phenoxy) is 1. The zero-order valence-electron chi connectivity index (χ0n) is 20.5. The van der Waals surface area contributed by atoms with Crippen LogP contribution in [0.5, 0.6) is 5.75 Å². The molecule has 0 aliphatic carbocycles. The molecule has 0 spiro atoms. The van der Waals surface area contributed by atoms with E-state index in [2.05, 4.69) is 10.2 Å². The van der Waals surface area contributed by atoms with Crippen molar-refractivity contribution in [2.75, 3.05) is 51.7 Å². The molecule has 2 amide bonds. The third-order valence-corrected chi connectivity index (χ3v) is 6.75. The predicted octanol–water partition coefficient (Wildman–Crippen LogP) is -0.0118. The second kappa shape index (κ2) is 13.0. The van der Waals surface area contributed by atoms with E-state index in [1.807, 2.05) is 12.4 Å². The minimum atomic E-state index is -2.77. The van der Waals surface area contributed by atoms with Crippen molar-refractivity contribution in [1.82, 2.24) is 19.7 Å². The number of thiazole rings is 1. The van der Waals surface area contributed by atoms with Gasteiger partial charge in [0.05, 0.1) is 6.54 Å². The highest BCUT2D eigenvalue weighted by Gasteiger charge is 2.19. The van der Waals surface area contributed by atoms with Gasteiger partial charge in [-0.3, -0.25) is 19.0 Å². The van der Waals surface area contributed by atoms with Gasteiger partial charge in [-0.15, -0.1) is 11.3 Å². The lowest BCUT2D eigenvalue weighted by Crippen LogP contribution is -2.48. The second-order valence-corrected chi connectivity index (χ2v) is 9.23. The molecule has 2 aromatic rings. The summed E-state index contributed by atoms with van der Waals surface area (Å²) in [7, 11) is 2.01. The molecule has 0 radical (unpaired) electrons. The largest absolute Gasteiger partial charge is 0.484 e. The Morgan fingerprint density at radius 2 is 2.00 bits per heavy atom. The van der Waals surface area contributed by atoms with Crippen LogP contribution in [0, 0.1) is 11.3 Å². The minimum Gasteiger partial charge on any atom is -0.484 e. The van der Waals surface area contributed by atoms with Gasteiger partial charge in [0, 0.05) is 50.7 Å². The Morgan fingerprint density at radius 1 is 1.27 bits per heavy atom. The van der Waals surface area contributed by atoms with Crippen LogP contribution in [0.2, 0.25) is 0 Å². The molecule has 10 nitrogen and oxygen atoms in total. The number of nitrogens with zero attached hydrogens (tertiary/aromatic N) is 4. The van der Waals surface area contributed by atoms with Gasteiger partial charge in [0.1, 0.15) is 21.0 Å². The molecule has 2 N–H and O–H groups in total. The van der Waals surface area contributed by atoms with Crippen LogP contribution in [0.25, 0.3) is 11.8 Å². The lowest BCUT2D eigenvalue weighted by Gasteiger charge is -2.32. The number of rotatable bonds is 9. The standard InChI is InChI=1S/C24H28F2N6O4S/c1-3-32-23(35)19(37-24(32)18(12-27)22(34)29-14-20(25)26)13-28-16-5-4-6-17(11-16)36-15-21(33)31-9-7-30(2)8-10-31/h4-6,11,13,20,28H,3,7-10,14-15H2,1-2H3,(H,29,34)/b19-13+,24-18-. The zero-order chi connectivity index (χ0) is 26.9. The van der Waals surface area contributed by atoms with E-state index in [9.17, 15) is 28.4 Å². The van der Waals surface area contributed by atoms with Crippen molar-refractivity contribution < 1.29 is 23.1 Å². The fourth-order valence-electron chi connectivity index (χ4n) is 3.56. The molecule has 1 aromatic carbocycles. The first kappa shape index (κ1) is 27.8. The molecule has 0 atom stereocenters. The van der Waals surface area contributed by atoms with E-state index in [4.69, 9.17) is 4.74 Å². The van der Waals surface area contributed by atoms with Gasteiger partial charge in [0.2, 0.25) is 0 Å². The molecule has 0 bridgehead atoms. The molecule has 3 rings (SSSR count). The highest BCUT2D eigenvalue weighted by atomic mass is 32.1. The minimum absolute atomic E-state index is 0.0781. The van der Waals surface area contributed by atoms with E-state index < -0.39 is 30.0 Å². The van der Waals surface area contributed by atoms with Gasteiger partial charge >= 0.3 is 0 Å². The third kappa shape index (κ3) is 7.37. The summed E-state index contributed by atoms with van der Waals surface area (Å²) in [6.07, 6.45) is -1.33. The molecule has 37 heavy (non-hydrogen) atoms. The van der Waals surface area contributed by atoms with Gasteiger partial charge in [-0.05, 0) is 26.1 Å². The maximum absolute atomic E-state index is 12.8. The number of carbonyl (C=O) groups excluding carboxylic acids is 2. The lowest BCUT2D eigenvalue weighted by molar-refractivity contribution is -0.134. The number of aromatic nitrogens is 1. The molecule has 0 unspecified atom stereocenters. The lowest BCUT2D eigenvalue weighted by atomic mass is 10.3. The van der Waals surface area contributed by atoms with E-state index in [0.29, 0.717) is 24.5 Å². The van der Waals surface area contributed by atoms with Gasteiger partial charge in [0.25, 0.3) is 23.8 Å². The average Bonchev–Trinajstić information content (AvgIpc) is 3.20. The summed E-state index contributed by atoms with van der Waals surface area (Å²) < 4.78 is 32.1. The van der Waals surface area contributed by atoms with Crippen LogP contribution in [0.1, 0.15) is 6.92 Å². The Balaban J connectivity index is 1.76. The fourth-order valence-corrected chi connectivity index (χ4v) is 4.65. The highest BCUT2D eigenvalue weighted by molar-refractivity contribution is 7.07. The molecule has 1 aliphatic rings. The van der Waals surface area contributed by atoms with E-state index >= 15 is 0 Å². The topological polar surface area (TPSA) is 120 Å². The quantitative estimate of drug-likeness (QED) is 0.464. The Hall–Kier alpha value is -3.76. The Labute approximate surface area is 216 Å². The highest BCUT2D eigenvalue weighted by Crippen LogP contribution is 2.17. The van der Waals surface area contributed by atoms with Gasteiger partial charge in [-0.1, -0.05) is 6.07 Å². The number of benzene rings is 1. The van der Waals surface area contributed by atoms with Crippen molar-refractivity contribution >= 4 is 40.6 Å². The number of likely N-dealkylation sites (N-methyl/N-ethyl adjacent to an activating group) is 1. The van der Waals surface area contributed by atoms with Crippen LogP contribution in [-0.2, 0) is 16.1 Å². The molecule has 1 saturated heterocycles. The number of piperazine rings is 1. The van der Waals surface area contributed by atoms with Crippen LogP contribution in [0.4, 0.5) is 14.5 Å². The smallest absolute Gasteiger partial charge is 0.270 e. The van der Waals surface area contributed by atoms with E-state index in [1.54, 1.807) is 42.2 Å². The maximum Gasteiger partial charge on any atom is 0.270 e. The van der Waals surface area contributed by atoms with Crippen LogP contribution in [-0.4, -0.2) is 79.0 Å². The van der Waals surface area contributed by atoms with Crippen molar-refractivity contribution in [3.63, 3.8) is 0 Å². The SMILES string of the molecule is CCn1c(=O)/c(=C\Nc2cccc(OCC(=O)N3CCN(C)CC3)c2)s/c1=C(/C#N)C(=O)NCC(F)F. The normalized spacial score (nSPS) is 15.4. The predicted molar refractivity (Wildman–Crippen MR) is 136 cm³/mol. The number of nitrogens with one attached hydrogen (secondary N) is 2. The van der Waals surface area contributed by atoms with Crippen molar-refractivity contribution in [2.45, 2.75) is 19.9 Å². The molecule has 0 saturated carbocycles. The van der Waals surface area contributed by atoms with E-state index in [1.165, 1.54) is 10.8 Å². The molecule has 1 aliphatic heterocycles. The number of amides is 2. The first-order chi connectivity index (χ1) is 17.7. The fraction of sp³-hybridized carbons (Fsp3) is 0.417. The first-order valence-electron chi connectivity index (χ1n) is 11.6. The monoisotopic (exact) mass is 534 g/mol. The van der Waals surface area contributed by atoms with Gasteiger partial charge in [-0.2, -0.15) is 5.26 Å². The van der Waals surface area contributed by atoms with Gasteiger partial charge in [-0.25, -0.2) is 8.78 Å². The first-order valence-corrected chi connectivity index (χ1v) is 12.4. The van der Waals surface area contributed by atoms with Crippen LogP contribution >= 0.6 is 11.3 Å². The van der Waals surface area contributed by atoms with Crippen LogP contribution in [0.3, 0.4) is 0 Å². The number of halogens is 2. The average molecular weight is 535 g/mol. The number of anilines is 1. The Kier molecular flexibility index (Phi) is 9.76. The number of nitriles is 1. The van der Waals surface area contributed by atoms with Crippen LogP contribution in [0.15, 0.2) is 29.1 Å². The molecular weight excluding hydrogens is 506 g/mol. The zero-order valence-corrected chi connectivity index (χ0v) is 21.3. The van der Waals surface area contributed by atoms with Crippen molar-refractivity contribution in [1.29, 1.82) is 5.26 Å². The van der Waals surface area contributed by atoms with Gasteiger partial charge < -0.3 is 25.2 Å². The second-order valence-electron chi connectivity index (χ2n) is 8.20. The Bertz CT molecular complexity index is 1340. The summed E-state index contributed by atoms with van der Waals surface area (Å²) in [5.74, 6) is -0.595. The molecule has 198 valence electrons. The summed E-state index contributed by atoms with van der Waals surface area (Å²) >= 11 is 0.899. The van der Waals surface area contributed by atoms with E-state index in [0.717, 1.165) is 24.4 Å². The summed E-state index contributed by atoms with van der Waals surface area (Å²) in [6, 6.07) is 8.56. The summed E-state index contributed by atoms with van der Waals surface area (Å²) in [4.78, 5) is 41.4. The van der Waals surface area contributed by atoms with E-state index in [-0.39, 0.29) is 28.3 Å². The van der Waals surface area contributed by atoms with Gasteiger partial charge in [0.15, 0.2) is 12.2 Å². The maximum atomic E-state index is 12.8. The summed E-state index contributed by atoms with van der Waals surface area (Å²) in [6.45, 7) is 3.82. The summed E-state index contributed by atoms with van der Waals surface area (Å²) in [5.41, 5.74) is -0.264. The molecule has 1 aromatic heterocycles. The number of carbonyl (C=O) groups is 2. The summed E-state index contributed by atoms with van der Waals surface area (Å²) in [5, 5.41) is 14.4. The molecular formula is C24H28F2N6O4S.